The van der Waals surface area contributed by atoms with Crippen LogP contribution < -0.4 is 14.9 Å². The summed E-state index contributed by atoms with van der Waals surface area (Å²) in [5.74, 6) is -0.502. The minimum absolute atomic E-state index is 0.195. The highest BCUT2D eigenvalue weighted by Crippen LogP contribution is 2.35. The maximum Gasteiger partial charge on any atom is 0.338 e. The van der Waals surface area contributed by atoms with Gasteiger partial charge in [0, 0.05) is 44.3 Å². The van der Waals surface area contributed by atoms with Gasteiger partial charge in [-0.05, 0) is 49.2 Å². The number of carbonyl (C=O) groups excluding carboxylic acids is 1. The largest absolute Gasteiger partial charge is 0.463 e. The Labute approximate surface area is 285 Å². The molecule has 0 saturated carbocycles. The summed E-state index contributed by atoms with van der Waals surface area (Å²) < 4.78 is 9.92. The summed E-state index contributed by atoms with van der Waals surface area (Å²) in [7, 11) is 0. The second kappa shape index (κ2) is 12.8. The summed E-state index contributed by atoms with van der Waals surface area (Å²) in [5, 5.41) is 2.19. The Kier molecular flexibility index (Phi) is 8.45. The average Bonchev–Trinajstić information content (AvgIpc) is 3.54. The van der Waals surface area contributed by atoms with Crippen LogP contribution in [0.1, 0.15) is 40.9 Å². The number of esters is 1. The van der Waals surface area contributed by atoms with Crippen molar-refractivity contribution in [2.45, 2.75) is 26.4 Å². The van der Waals surface area contributed by atoms with Crippen molar-refractivity contribution in [3.8, 4) is 0 Å². The van der Waals surface area contributed by atoms with Gasteiger partial charge in [0.05, 0.1) is 28.5 Å². The third-order valence-corrected chi connectivity index (χ3v) is 9.96. The lowest BCUT2D eigenvalue weighted by Crippen LogP contribution is -2.40. The summed E-state index contributed by atoms with van der Waals surface area (Å²) in [5.41, 5.74) is 6.04. The minimum atomic E-state index is -0.724. The fourth-order valence-electron chi connectivity index (χ4n) is 6.19. The summed E-state index contributed by atoms with van der Waals surface area (Å²) in [6, 6.07) is 32.1. The third-order valence-electron chi connectivity index (χ3n) is 8.39. The fourth-order valence-corrected chi connectivity index (χ4v) is 7.64. The first kappa shape index (κ1) is 30.9. The molecule has 0 bridgehead atoms. The predicted octanol–water partition coefficient (Wildman–Crippen LogP) is 7.55. The summed E-state index contributed by atoms with van der Waals surface area (Å²) in [6.07, 6.45) is 1.94. The minimum Gasteiger partial charge on any atom is -0.463 e. The van der Waals surface area contributed by atoms with Crippen molar-refractivity contribution in [3.05, 3.63) is 166 Å². The number of nitrogens with zero attached hydrogens (tertiary/aromatic N) is 3. The van der Waals surface area contributed by atoms with Crippen LogP contribution in [-0.4, -0.2) is 21.7 Å². The third kappa shape index (κ3) is 5.65. The Balaban J connectivity index is 1.46. The van der Waals surface area contributed by atoms with Crippen LogP contribution in [-0.2, 0) is 16.1 Å². The Morgan fingerprint density at radius 3 is 2.38 bits per heavy atom. The van der Waals surface area contributed by atoms with E-state index in [0.717, 1.165) is 38.9 Å². The van der Waals surface area contributed by atoms with E-state index in [9.17, 15) is 9.59 Å². The normalized spacial score (nSPS) is 14.7. The average molecular weight is 679 g/mol. The van der Waals surface area contributed by atoms with Crippen molar-refractivity contribution in [2.24, 2.45) is 4.99 Å². The molecule has 0 radical (unpaired) electrons. The molecule has 47 heavy (non-hydrogen) atoms. The van der Waals surface area contributed by atoms with E-state index in [4.69, 9.17) is 32.9 Å². The second-order valence-electron chi connectivity index (χ2n) is 11.2. The molecular formula is C38H29Cl2N3O3S. The molecule has 1 atom stereocenters. The van der Waals surface area contributed by atoms with Crippen molar-refractivity contribution in [1.29, 1.82) is 0 Å². The van der Waals surface area contributed by atoms with Crippen LogP contribution in [0.15, 0.2) is 118 Å². The SMILES string of the molecule is CCOC(=O)C1=C(c2ccccc2)N=c2s/c(=C\c3c(C)n(Cc4ccc(Cl)cc4Cl)c4ccccc34)c(=O)n2[C@@H]1c1ccccc1. The van der Waals surface area contributed by atoms with Crippen LogP contribution in [0.5, 0.6) is 0 Å². The molecule has 4 aromatic carbocycles. The van der Waals surface area contributed by atoms with E-state index in [2.05, 4.69) is 16.7 Å². The van der Waals surface area contributed by atoms with Gasteiger partial charge in [-0.1, -0.05) is 119 Å². The quantitative estimate of drug-likeness (QED) is 0.164. The molecule has 1 aliphatic heterocycles. The topological polar surface area (TPSA) is 65.6 Å². The van der Waals surface area contributed by atoms with Gasteiger partial charge in [-0.25, -0.2) is 9.79 Å². The van der Waals surface area contributed by atoms with E-state index in [1.165, 1.54) is 11.3 Å². The van der Waals surface area contributed by atoms with Gasteiger partial charge in [-0.2, -0.15) is 0 Å². The standard InChI is InChI=1S/C38H29Cl2N3O3S/c1-3-46-37(45)33-34(24-12-6-4-7-13-24)41-38-43(35(33)25-14-8-5-9-15-25)36(44)32(47-38)21-29-23(2)42(31-17-11-10-16-28(29)31)22-26-18-19-27(39)20-30(26)40/h4-21,35H,3,22H2,1-2H3/b32-21-/t35-/m1/s1. The van der Waals surface area contributed by atoms with E-state index < -0.39 is 12.0 Å². The molecule has 0 unspecified atom stereocenters. The van der Waals surface area contributed by atoms with E-state index in [1.54, 1.807) is 17.6 Å². The molecule has 234 valence electrons. The lowest BCUT2D eigenvalue weighted by Gasteiger charge is -2.25. The molecule has 0 saturated heterocycles. The Morgan fingerprint density at radius 2 is 1.66 bits per heavy atom. The zero-order valence-electron chi connectivity index (χ0n) is 25.6. The predicted molar refractivity (Wildman–Crippen MR) is 190 cm³/mol. The van der Waals surface area contributed by atoms with Crippen LogP contribution in [0.3, 0.4) is 0 Å². The molecule has 1 aliphatic rings. The number of halogens is 2. The zero-order chi connectivity index (χ0) is 32.7. The molecule has 6 nitrogen and oxygen atoms in total. The van der Waals surface area contributed by atoms with Crippen molar-refractivity contribution in [3.63, 3.8) is 0 Å². The molecule has 0 fully saturated rings. The number of thiazole rings is 1. The monoisotopic (exact) mass is 677 g/mol. The van der Waals surface area contributed by atoms with E-state index in [1.807, 2.05) is 97.9 Å². The fraction of sp³-hybridized carbons (Fsp3) is 0.132. The van der Waals surface area contributed by atoms with Gasteiger partial charge >= 0.3 is 5.97 Å². The Hall–Kier alpha value is -4.69. The highest BCUT2D eigenvalue weighted by molar-refractivity contribution is 7.07. The van der Waals surface area contributed by atoms with Gasteiger partial charge in [-0.15, -0.1) is 0 Å². The van der Waals surface area contributed by atoms with Gasteiger partial charge < -0.3 is 9.30 Å². The number of rotatable bonds is 7. The van der Waals surface area contributed by atoms with Crippen LogP contribution in [0, 0.1) is 6.92 Å². The molecule has 2 aromatic heterocycles. The first-order valence-electron chi connectivity index (χ1n) is 15.2. The molecule has 6 aromatic rings. The smallest absolute Gasteiger partial charge is 0.338 e. The first-order valence-corrected chi connectivity index (χ1v) is 16.8. The Bertz CT molecular complexity index is 2370. The number of fused-ring (bicyclic) bond motifs is 2. The molecule has 0 amide bonds. The number of benzene rings is 4. The molecule has 0 spiro atoms. The van der Waals surface area contributed by atoms with Gasteiger partial charge in [0.25, 0.3) is 5.56 Å². The number of hydrogen-bond donors (Lipinski definition) is 0. The van der Waals surface area contributed by atoms with Crippen molar-refractivity contribution >= 4 is 63.2 Å². The number of carbonyl (C=O) groups is 1. The summed E-state index contributed by atoms with van der Waals surface area (Å²) in [6.45, 7) is 4.55. The van der Waals surface area contributed by atoms with Gasteiger partial charge in [0.15, 0.2) is 4.80 Å². The van der Waals surface area contributed by atoms with E-state index in [-0.39, 0.29) is 12.2 Å². The van der Waals surface area contributed by atoms with Crippen LogP contribution in [0.2, 0.25) is 10.0 Å². The molecule has 0 N–H and O–H groups in total. The van der Waals surface area contributed by atoms with Gasteiger partial charge in [0.2, 0.25) is 0 Å². The maximum atomic E-state index is 14.5. The molecule has 7 rings (SSSR count). The molecule has 3 heterocycles. The number of ether oxygens (including phenoxy) is 1. The van der Waals surface area contributed by atoms with E-state index >= 15 is 0 Å². The number of hydrogen-bond acceptors (Lipinski definition) is 5. The van der Waals surface area contributed by atoms with Crippen molar-refractivity contribution in [2.75, 3.05) is 6.61 Å². The van der Waals surface area contributed by atoms with E-state index in [0.29, 0.717) is 37.2 Å². The van der Waals surface area contributed by atoms with Gasteiger partial charge in [-0.3, -0.25) is 9.36 Å². The molecule has 0 aliphatic carbocycles. The Morgan fingerprint density at radius 1 is 0.957 bits per heavy atom. The first-order chi connectivity index (χ1) is 22.9. The zero-order valence-corrected chi connectivity index (χ0v) is 27.9. The van der Waals surface area contributed by atoms with Crippen molar-refractivity contribution in [1.82, 2.24) is 9.13 Å². The number of aromatic nitrogens is 2. The summed E-state index contributed by atoms with van der Waals surface area (Å²) >= 11 is 14.1. The van der Waals surface area contributed by atoms with Crippen LogP contribution in [0.25, 0.3) is 22.7 Å². The highest BCUT2D eigenvalue weighted by Gasteiger charge is 2.35. The maximum absolute atomic E-state index is 14.5. The number of para-hydroxylation sites is 1. The van der Waals surface area contributed by atoms with Crippen LogP contribution in [0.4, 0.5) is 0 Å². The van der Waals surface area contributed by atoms with Gasteiger partial charge in [0.1, 0.15) is 0 Å². The molecule has 9 heteroatoms. The summed E-state index contributed by atoms with van der Waals surface area (Å²) in [4.78, 5) is 33.6. The lowest BCUT2D eigenvalue weighted by atomic mass is 9.93. The second-order valence-corrected chi connectivity index (χ2v) is 13.0. The van der Waals surface area contributed by atoms with Crippen molar-refractivity contribution < 1.29 is 9.53 Å². The highest BCUT2D eigenvalue weighted by atomic mass is 35.5. The lowest BCUT2D eigenvalue weighted by molar-refractivity contribution is -0.138. The van der Waals surface area contributed by atoms with Crippen LogP contribution >= 0.6 is 34.5 Å². The molecular weight excluding hydrogens is 649 g/mol.